The van der Waals surface area contributed by atoms with Gasteiger partial charge in [0.25, 0.3) is 5.91 Å². The molecule has 1 saturated heterocycles. The van der Waals surface area contributed by atoms with Crippen LogP contribution in [0.15, 0.2) is 36.4 Å². The van der Waals surface area contributed by atoms with Crippen molar-refractivity contribution in [2.45, 2.75) is 18.9 Å². The summed E-state index contributed by atoms with van der Waals surface area (Å²) in [6.07, 6.45) is 1.72. The molecule has 0 aromatic heterocycles. The van der Waals surface area contributed by atoms with Crippen molar-refractivity contribution in [2.75, 3.05) is 27.4 Å². The SMILES string of the molecule is COc1ccc(OC)c([C@@H]2CCCN2C(=O)COc2ccc(F)c(Cl)c2)c1. The van der Waals surface area contributed by atoms with Gasteiger partial charge in [0.1, 0.15) is 23.1 Å². The molecule has 0 saturated carbocycles. The predicted octanol–water partition coefficient (Wildman–Crippen LogP) is 4.24. The minimum atomic E-state index is -0.528. The zero-order chi connectivity index (χ0) is 19.4. The summed E-state index contributed by atoms with van der Waals surface area (Å²) in [6.45, 7) is 0.488. The summed E-state index contributed by atoms with van der Waals surface area (Å²) in [6, 6.07) is 9.47. The fourth-order valence-electron chi connectivity index (χ4n) is 3.28. The van der Waals surface area contributed by atoms with E-state index in [0.717, 1.165) is 18.4 Å². The van der Waals surface area contributed by atoms with E-state index < -0.39 is 5.82 Å². The van der Waals surface area contributed by atoms with Crippen LogP contribution in [0.1, 0.15) is 24.4 Å². The van der Waals surface area contributed by atoms with Crippen molar-refractivity contribution >= 4 is 17.5 Å². The van der Waals surface area contributed by atoms with Gasteiger partial charge in [0.2, 0.25) is 0 Å². The smallest absolute Gasteiger partial charge is 0.261 e. The first-order valence-corrected chi connectivity index (χ1v) is 9.00. The second-order valence-electron chi connectivity index (χ2n) is 6.22. The zero-order valence-corrected chi connectivity index (χ0v) is 16.0. The monoisotopic (exact) mass is 393 g/mol. The molecule has 1 fully saturated rings. The van der Waals surface area contributed by atoms with Crippen LogP contribution in [0.25, 0.3) is 0 Å². The summed E-state index contributed by atoms with van der Waals surface area (Å²) in [5, 5.41) is -0.0416. The van der Waals surface area contributed by atoms with Gasteiger partial charge in [0, 0.05) is 18.2 Å². The van der Waals surface area contributed by atoms with Crippen molar-refractivity contribution in [3.63, 3.8) is 0 Å². The molecule has 3 rings (SSSR count). The average molecular weight is 394 g/mol. The van der Waals surface area contributed by atoms with E-state index >= 15 is 0 Å². The van der Waals surface area contributed by atoms with Gasteiger partial charge in [-0.3, -0.25) is 4.79 Å². The number of nitrogens with zero attached hydrogens (tertiary/aromatic N) is 1. The first kappa shape index (κ1) is 19.3. The van der Waals surface area contributed by atoms with Gasteiger partial charge in [-0.2, -0.15) is 0 Å². The van der Waals surface area contributed by atoms with Crippen molar-refractivity contribution in [1.82, 2.24) is 4.90 Å². The fourth-order valence-corrected chi connectivity index (χ4v) is 3.45. The molecule has 0 N–H and O–H groups in total. The molecular weight excluding hydrogens is 373 g/mol. The molecule has 0 aliphatic carbocycles. The molecule has 1 aliphatic rings. The fraction of sp³-hybridized carbons (Fsp3) is 0.350. The molecule has 2 aromatic carbocycles. The van der Waals surface area contributed by atoms with Crippen molar-refractivity contribution in [1.29, 1.82) is 0 Å². The largest absolute Gasteiger partial charge is 0.497 e. The average Bonchev–Trinajstić information content (AvgIpc) is 3.17. The van der Waals surface area contributed by atoms with Crippen molar-refractivity contribution in [3.8, 4) is 17.2 Å². The molecule has 1 atom stereocenters. The minimum absolute atomic E-state index is 0.0416. The minimum Gasteiger partial charge on any atom is -0.497 e. The molecular formula is C20H21ClFNO4. The highest BCUT2D eigenvalue weighted by Crippen LogP contribution is 2.39. The van der Waals surface area contributed by atoms with Crippen molar-refractivity contribution in [2.24, 2.45) is 0 Å². The van der Waals surface area contributed by atoms with E-state index in [2.05, 4.69) is 0 Å². The summed E-state index contributed by atoms with van der Waals surface area (Å²) in [7, 11) is 3.21. The molecule has 1 heterocycles. The highest BCUT2D eigenvalue weighted by Gasteiger charge is 2.32. The van der Waals surface area contributed by atoms with Crippen molar-refractivity contribution in [3.05, 3.63) is 52.8 Å². The normalized spacial score (nSPS) is 16.3. The number of hydrogen-bond acceptors (Lipinski definition) is 4. The van der Waals surface area contributed by atoms with Crippen LogP contribution in [-0.2, 0) is 4.79 Å². The predicted molar refractivity (Wildman–Crippen MR) is 100 cm³/mol. The number of ether oxygens (including phenoxy) is 3. The zero-order valence-electron chi connectivity index (χ0n) is 15.2. The lowest BCUT2D eigenvalue weighted by molar-refractivity contribution is -0.134. The Labute approximate surface area is 162 Å². The van der Waals surface area contributed by atoms with E-state index in [1.165, 1.54) is 18.2 Å². The van der Waals surface area contributed by atoms with Gasteiger partial charge >= 0.3 is 0 Å². The molecule has 0 bridgehead atoms. The van der Waals surface area contributed by atoms with Crippen LogP contribution >= 0.6 is 11.6 Å². The highest BCUT2D eigenvalue weighted by atomic mass is 35.5. The molecule has 1 aliphatic heterocycles. The molecule has 0 radical (unpaired) electrons. The highest BCUT2D eigenvalue weighted by molar-refractivity contribution is 6.30. The van der Waals surface area contributed by atoms with Gasteiger partial charge in [0.05, 0.1) is 25.3 Å². The number of likely N-dealkylation sites (tertiary alicyclic amines) is 1. The van der Waals surface area contributed by atoms with E-state index in [0.29, 0.717) is 23.8 Å². The Morgan fingerprint density at radius 1 is 1.19 bits per heavy atom. The Balaban J connectivity index is 1.74. The maximum absolute atomic E-state index is 13.2. The molecule has 5 nitrogen and oxygen atoms in total. The summed E-state index contributed by atoms with van der Waals surface area (Å²) < 4.78 is 29.5. The van der Waals surface area contributed by atoms with E-state index in [-0.39, 0.29) is 23.6 Å². The Bertz CT molecular complexity index is 830. The summed E-state index contributed by atoms with van der Waals surface area (Å²) in [5.41, 5.74) is 0.910. The number of methoxy groups -OCH3 is 2. The summed E-state index contributed by atoms with van der Waals surface area (Å²) in [5.74, 6) is 1.10. The number of carbonyl (C=O) groups is 1. The summed E-state index contributed by atoms with van der Waals surface area (Å²) in [4.78, 5) is 14.5. The molecule has 7 heteroatoms. The Hall–Kier alpha value is -2.47. The van der Waals surface area contributed by atoms with Gasteiger partial charge < -0.3 is 19.1 Å². The maximum Gasteiger partial charge on any atom is 0.261 e. The first-order chi connectivity index (χ1) is 13.0. The number of amides is 1. The molecule has 144 valence electrons. The van der Waals surface area contributed by atoms with Crippen LogP contribution < -0.4 is 14.2 Å². The second kappa shape index (κ2) is 8.48. The molecule has 0 unspecified atom stereocenters. The molecule has 1 amide bonds. The second-order valence-corrected chi connectivity index (χ2v) is 6.62. The maximum atomic E-state index is 13.2. The lowest BCUT2D eigenvalue weighted by Gasteiger charge is -2.26. The van der Waals surface area contributed by atoms with Gasteiger partial charge in [0.15, 0.2) is 6.61 Å². The topological polar surface area (TPSA) is 48.0 Å². The van der Waals surface area contributed by atoms with Gasteiger partial charge in [-0.15, -0.1) is 0 Å². The standard InChI is InChI=1S/C20H21ClFNO4/c1-25-13-6-8-19(26-2)15(10-13)18-4-3-9-23(18)20(24)12-27-14-5-7-17(22)16(21)11-14/h5-8,10-11,18H,3-4,9,12H2,1-2H3/t18-/m0/s1. The number of halogens is 2. The van der Waals surface area contributed by atoms with E-state index in [9.17, 15) is 9.18 Å². The lowest BCUT2D eigenvalue weighted by atomic mass is 10.0. The molecule has 2 aromatic rings. The Kier molecular flexibility index (Phi) is 6.06. The van der Waals surface area contributed by atoms with Crippen LogP contribution in [0.2, 0.25) is 5.02 Å². The van der Waals surface area contributed by atoms with Crippen LogP contribution in [0.4, 0.5) is 4.39 Å². The van der Waals surface area contributed by atoms with Gasteiger partial charge in [-0.05, 0) is 43.2 Å². The van der Waals surface area contributed by atoms with Gasteiger partial charge in [-0.25, -0.2) is 4.39 Å². The number of rotatable bonds is 6. The third kappa shape index (κ3) is 4.27. The Morgan fingerprint density at radius 2 is 1.96 bits per heavy atom. The van der Waals surface area contributed by atoms with Crippen LogP contribution in [-0.4, -0.2) is 38.2 Å². The van der Waals surface area contributed by atoms with Gasteiger partial charge in [-0.1, -0.05) is 11.6 Å². The molecule has 27 heavy (non-hydrogen) atoms. The third-order valence-electron chi connectivity index (χ3n) is 4.62. The number of carbonyl (C=O) groups excluding carboxylic acids is 1. The first-order valence-electron chi connectivity index (χ1n) is 8.62. The third-order valence-corrected chi connectivity index (χ3v) is 4.91. The quantitative estimate of drug-likeness (QED) is 0.736. The van der Waals surface area contributed by atoms with Crippen LogP contribution in [0.3, 0.4) is 0 Å². The number of hydrogen-bond donors (Lipinski definition) is 0. The van der Waals surface area contributed by atoms with Crippen molar-refractivity contribution < 1.29 is 23.4 Å². The van der Waals surface area contributed by atoms with E-state index in [4.69, 9.17) is 25.8 Å². The Morgan fingerprint density at radius 3 is 2.67 bits per heavy atom. The van der Waals surface area contributed by atoms with Crippen LogP contribution in [0, 0.1) is 5.82 Å². The number of benzene rings is 2. The molecule has 0 spiro atoms. The van der Waals surface area contributed by atoms with Crippen LogP contribution in [0.5, 0.6) is 17.2 Å². The van der Waals surface area contributed by atoms with E-state index in [1.807, 2.05) is 18.2 Å². The van der Waals surface area contributed by atoms with E-state index in [1.54, 1.807) is 19.1 Å². The summed E-state index contributed by atoms with van der Waals surface area (Å²) >= 11 is 5.75. The lowest BCUT2D eigenvalue weighted by Crippen LogP contribution is -2.34.